The zero-order valence-electron chi connectivity index (χ0n) is 11.0. The van der Waals surface area contributed by atoms with Gasteiger partial charge < -0.3 is 10.2 Å². The molecule has 0 unspecified atom stereocenters. The number of fused-ring (bicyclic) bond motifs is 1. The molecule has 2 heterocycles. The predicted octanol–water partition coefficient (Wildman–Crippen LogP) is 2.01. The van der Waals surface area contributed by atoms with Gasteiger partial charge >= 0.3 is 0 Å². The van der Waals surface area contributed by atoms with Crippen molar-refractivity contribution in [3.05, 3.63) is 23.5 Å². The smallest absolute Gasteiger partial charge is 0.0588 e. The van der Waals surface area contributed by atoms with Gasteiger partial charge in [0.15, 0.2) is 0 Å². The third-order valence-corrected chi connectivity index (χ3v) is 3.47. The molecule has 0 fully saturated rings. The Balaban J connectivity index is 2.22. The fraction of sp³-hybridized carbons (Fsp3) is 0.643. The topological polar surface area (TPSA) is 28.2 Å². The average molecular weight is 233 g/mol. The van der Waals surface area contributed by atoms with E-state index in [1.54, 1.807) is 5.56 Å². The van der Waals surface area contributed by atoms with Crippen LogP contribution < -0.4 is 10.2 Å². The number of aromatic nitrogens is 1. The van der Waals surface area contributed by atoms with E-state index in [4.69, 9.17) is 0 Å². The lowest BCUT2D eigenvalue weighted by Crippen LogP contribution is -2.35. The highest BCUT2D eigenvalue weighted by Crippen LogP contribution is 2.29. The first kappa shape index (κ1) is 12.4. The number of nitrogens with one attached hydrogen (secondary N) is 1. The van der Waals surface area contributed by atoms with Gasteiger partial charge in [-0.05, 0) is 37.4 Å². The highest BCUT2D eigenvalue weighted by Gasteiger charge is 2.18. The number of rotatable bonds is 5. The minimum atomic E-state index is 1.04. The van der Waals surface area contributed by atoms with Crippen molar-refractivity contribution >= 4 is 5.69 Å². The zero-order chi connectivity index (χ0) is 12.1. The first-order chi connectivity index (χ1) is 8.36. The van der Waals surface area contributed by atoms with Crippen LogP contribution >= 0.6 is 0 Å². The maximum absolute atomic E-state index is 4.41. The Hall–Kier alpha value is -1.09. The van der Waals surface area contributed by atoms with Crippen molar-refractivity contribution < 1.29 is 0 Å². The predicted molar refractivity (Wildman–Crippen MR) is 72.7 cm³/mol. The monoisotopic (exact) mass is 233 g/mol. The molecule has 0 saturated heterocycles. The van der Waals surface area contributed by atoms with Gasteiger partial charge in [-0.15, -0.1) is 0 Å². The van der Waals surface area contributed by atoms with Gasteiger partial charge in [-0.1, -0.05) is 13.3 Å². The van der Waals surface area contributed by atoms with Gasteiger partial charge in [0.25, 0.3) is 0 Å². The van der Waals surface area contributed by atoms with Crippen LogP contribution in [0.15, 0.2) is 12.4 Å². The van der Waals surface area contributed by atoms with Gasteiger partial charge in [-0.3, -0.25) is 4.98 Å². The molecule has 94 valence electrons. The molecule has 0 aliphatic carbocycles. The molecule has 1 aliphatic rings. The molecule has 1 aromatic rings. The van der Waals surface area contributed by atoms with Crippen LogP contribution in [0.2, 0.25) is 0 Å². The summed E-state index contributed by atoms with van der Waals surface area (Å²) in [4.78, 5) is 6.89. The summed E-state index contributed by atoms with van der Waals surface area (Å²) in [5.74, 6) is 0. The lowest BCUT2D eigenvalue weighted by Gasteiger charge is -2.32. The molecule has 3 heteroatoms. The molecule has 3 nitrogen and oxygen atoms in total. The second-order valence-electron chi connectivity index (χ2n) is 4.74. The molecule has 0 radical (unpaired) electrons. The van der Waals surface area contributed by atoms with Crippen LogP contribution in [0.3, 0.4) is 0 Å². The van der Waals surface area contributed by atoms with Crippen molar-refractivity contribution in [1.82, 2.24) is 10.3 Å². The number of nitrogens with zero attached hydrogens (tertiary/aromatic N) is 2. The summed E-state index contributed by atoms with van der Waals surface area (Å²) < 4.78 is 0. The van der Waals surface area contributed by atoms with Gasteiger partial charge in [0.05, 0.1) is 11.9 Å². The second kappa shape index (κ2) is 6.01. The molecule has 1 aromatic heterocycles. The van der Waals surface area contributed by atoms with Gasteiger partial charge in [0.2, 0.25) is 0 Å². The quantitative estimate of drug-likeness (QED) is 0.843. The number of hydrogen-bond donors (Lipinski definition) is 1. The highest BCUT2D eigenvalue weighted by molar-refractivity contribution is 5.56. The summed E-state index contributed by atoms with van der Waals surface area (Å²) in [6.07, 6.45) is 8.97. The third kappa shape index (κ3) is 2.78. The summed E-state index contributed by atoms with van der Waals surface area (Å²) in [5.41, 5.74) is 4.38. The van der Waals surface area contributed by atoms with E-state index in [2.05, 4.69) is 28.3 Å². The Bertz CT molecular complexity index is 362. The van der Waals surface area contributed by atoms with Crippen LogP contribution in [0, 0.1) is 0 Å². The van der Waals surface area contributed by atoms with E-state index in [0.29, 0.717) is 0 Å². The molecule has 17 heavy (non-hydrogen) atoms. The van der Waals surface area contributed by atoms with Crippen LogP contribution in [-0.4, -0.2) is 31.7 Å². The number of hydrogen-bond acceptors (Lipinski definition) is 3. The SMILES string of the molecule is CCCc1cncc2c1CCCN2CCNC. The molecular formula is C14H23N3. The average Bonchev–Trinajstić information content (AvgIpc) is 2.37. The Morgan fingerprint density at radius 2 is 2.29 bits per heavy atom. The first-order valence-electron chi connectivity index (χ1n) is 6.72. The van der Waals surface area contributed by atoms with E-state index in [0.717, 1.165) is 19.5 Å². The minimum Gasteiger partial charge on any atom is -0.369 e. The summed E-state index contributed by atoms with van der Waals surface area (Å²) >= 11 is 0. The van der Waals surface area contributed by atoms with E-state index in [1.165, 1.54) is 37.1 Å². The van der Waals surface area contributed by atoms with Crippen LogP contribution in [0.1, 0.15) is 30.9 Å². The maximum Gasteiger partial charge on any atom is 0.0588 e. The van der Waals surface area contributed by atoms with Crippen LogP contribution in [0.4, 0.5) is 5.69 Å². The summed E-state index contributed by atoms with van der Waals surface area (Å²) in [5, 5.41) is 3.22. The Kier molecular flexibility index (Phi) is 4.37. The molecule has 1 N–H and O–H groups in total. The van der Waals surface area contributed by atoms with Crippen LogP contribution in [0.25, 0.3) is 0 Å². The van der Waals surface area contributed by atoms with E-state index in [9.17, 15) is 0 Å². The highest BCUT2D eigenvalue weighted by atomic mass is 15.2. The molecule has 0 saturated carbocycles. The maximum atomic E-state index is 4.41. The van der Waals surface area contributed by atoms with Gasteiger partial charge in [-0.25, -0.2) is 0 Å². The Morgan fingerprint density at radius 3 is 3.06 bits per heavy atom. The van der Waals surface area contributed by atoms with E-state index in [-0.39, 0.29) is 0 Å². The molecule has 0 atom stereocenters. The Labute approximate surface area is 104 Å². The molecule has 1 aliphatic heterocycles. The number of likely N-dealkylation sites (N-methyl/N-ethyl adjacent to an activating group) is 1. The fourth-order valence-electron chi connectivity index (χ4n) is 2.61. The first-order valence-corrected chi connectivity index (χ1v) is 6.72. The molecule has 0 bridgehead atoms. The summed E-state index contributed by atoms with van der Waals surface area (Å²) in [6.45, 7) is 5.53. The van der Waals surface area contributed by atoms with Crippen molar-refractivity contribution in [2.45, 2.75) is 32.6 Å². The standard InChI is InChI=1S/C14H23N3/c1-3-5-12-10-16-11-14-13(12)6-4-8-17(14)9-7-15-2/h10-11,15H,3-9H2,1-2H3. The molecular weight excluding hydrogens is 210 g/mol. The molecule has 0 spiro atoms. The Morgan fingerprint density at radius 1 is 1.41 bits per heavy atom. The zero-order valence-corrected chi connectivity index (χ0v) is 11.0. The van der Waals surface area contributed by atoms with Gasteiger partial charge in [0.1, 0.15) is 0 Å². The van der Waals surface area contributed by atoms with Crippen molar-refractivity contribution in [3.63, 3.8) is 0 Å². The lowest BCUT2D eigenvalue weighted by atomic mass is 9.96. The van der Waals surface area contributed by atoms with Crippen LogP contribution in [0.5, 0.6) is 0 Å². The van der Waals surface area contributed by atoms with Gasteiger partial charge in [-0.2, -0.15) is 0 Å². The van der Waals surface area contributed by atoms with Crippen molar-refractivity contribution in [1.29, 1.82) is 0 Å². The van der Waals surface area contributed by atoms with E-state index >= 15 is 0 Å². The lowest BCUT2D eigenvalue weighted by molar-refractivity contribution is 0.657. The number of pyridine rings is 1. The molecule has 0 amide bonds. The van der Waals surface area contributed by atoms with Crippen molar-refractivity contribution in [2.75, 3.05) is 31.6 Å². The summed E-state index contributed by atoms with van der Waals surface area (Å²) in [6, 6.07) is 0. The van der Waals surface area contributed by atoms with Gasteiger partial charge in [0, 0.05) is 25.8 Å². The third-order valence-electron chi connectivity index (χ3n) is 3.47. The number of aryl methyl sites for hydroxylation is 1. The largest absolute Gasteiger partial charge is 0.369 e. The molecule has 2 rings (SSSR count). The number of anilines is 1. The van der Waals surface area contributed by atoms with Crippen molar-refractivity contribution in [3.8, 4) is 0 Å². The van der Waals surface area contributed by atoms with E-state index < -0.39 is 0 Å². The second-order valence-corrected chi connectivity index (χ2v) is 4.74. The van der Waals surface area contributed by atoms with Crippen molar-refractivity contribution in [2.24, 2.45) is 0 Å². The molecule has 0 aromatic carbocycles. The minimum absolute atomic E-state index is 1.04. The normalized spacial score (nSPS) is 14.8. The fourth-order valence-corrected chi connectivity index (χ4v) is 2.61. The van der Waals surface area contributed by atoms with E-state index in [1.807, 2.05) is 13.2 Å². The summed E-state index contributed by atoms with van der Waals surface area (Å²) in [7, 11) is 2.01. The van der Waals surface area contributed by atoms with Crippen LogP contribution in [-0.2, 0) is 12.8 Å².